The molecule has 1 aliphatic heterocycles. The SMILES string of the molecule is O=C(O)CCCS(=O)(=O)N1CCN(c2nccs2)CC1. The lowest BCUT2D eigenvalue weighted by atomic mass is 10.3. The van der Waals surface area contributed by atoms with Crippen molar-refractivity contribution in [2.75, 3.05) is 36.8 Å². The molecule has 1 N–H and O–H groups in total. The van der Waals surface area contributed by atoms with E-state index < -0.39 is 16.0 Å². The van der Waals surface area contributed by atoms with Crippen LogP contribution in [0, 0.1) is 0 Å². The van der Waals surface area contributed by atoms with E-state index in [0.29, 0.717) is 26.2 Å². The van der Waals surface area contributed by atoms with E-state index in [4.69, 9.17) is 5.11 Å². The van der Waals surface area contributed by atoms with Gasteiger partial charge in [-0.25, -0.2) is 13.4 Å². The van der Waals surface area contributed by atoms with Crippen LogP contribution >= 0.6 is 11.3 Å². The third kappa shape index (κ3) is 3.90. The summed E-state index contributed by atoms with van der Waals surface area (Å²) in [5.41, 5.74) is 0. The highest BCUT2D eigenvalue weighted by Gasteiger charge is 2.27. The Hall–Kier alpha value is -1.19. The molecule has 0 aliphatic carbocycles. The summed E-state index contributed by atoms with van der Waals surface area (Å²) in [7, 11) is -3.34. The third-order valence-electron chi connectivity index (χ3n) is 3.11. The Morgan fingerprint density at radius 1 is 1.35 bits per heavy atom. The van der Waals surface area contributed by atoms with Crippen LogP contribution in [-0.4, -0.2) is 60.7 Å². The van der Waals surface area contributed by atoms with Crippen LogP contribution in [0.15, 0.2) is 11.6 Å². The number of thiazole rings is 1. The van der Waals surface area contributed by atoms with Gasteiger partial charge in [-0.15, -0.1) is 11.3 Å². The second-order valence-corrected chi connectivity index (χ2v) is 7.48. The lowest BCUT2D eigenvalue weighted by Crippen LogP contribution is -2.49. The molecule has 0 spiro atoms. The number of carboxylic acids is 1. The molecule has 20 heavy (non-hydrogen) atoms. The van der Waals surface area contributed by atoms with E-state index in [1.54, 1.807) is 6.20 Å². The van der Waals surface area contributed by atoms with Gasteiger partial charge >= 0.3 is 5.97 Å². The van der Waals surface area contributed by atoms with Crippen molar-refractivity contribution >= 4 is 32.5 Å². The molecule has 0 atom stereocenters. The number of carboxylic acid groups (broad SMARTS) is 1. The highest BCUT2D eigenvalue weighted by atomic mass is 32.2. The van der Waals surface area contributed by atoms with E-state index >= 15 is 0 Å². The van der Waals surface area contributed by atoms with Gasteiger partial charge in [0.05, 0.1) is 5.75 Å². The minimum atomic E-state index is -3.34. The van der Waals surface area contributed by atoms with Gasteiger partial charge in [-0.1, -0.05) is 0 Å². The van der Waals surface area contributed by atoms with E-state index in [1.165, 1.54) is 15.6 Å². The predicted octanol–water partition coefficient (Wildman–Crippen LogP) is 0.460. The first-order valence-electron chi connectivity index (χ1n) is 6.33. The predicted molar refractivity (Wildman–Crippen MR) is 76.6 cm³/mol. The van der Waals surface area contributed by atoms with Crippen LogP contribution in [0.3, 0.4) is 0 Å². The lowest BCUT2D eigenvalue weighted by molar-refractivity contribution is -0.137. The first kappa shape index (κ1) is 15.2. The molecule has 1 saturated heterocycles. The first-order valence-corrected chi connectivity index (χ1v) is 8.82. The van der Waals surface area contributed by atoms with Crippen molar-refractivity contribution in [2.24, 2.45) is 0 Å². The fraction of sp³-hybridized carbons (Fsp3) is 0.636. The zero-order valence-corrected chi connectivity index (χ0v) is 12.6. The number of sulfonamides is 1. The second kappa shape index (κ2) is 6.51. The molecule has 1 aliphatic rings. The van der Waals surface area contributed by atoms with E-state index in [0.717, 1.165) is 5.13 Å². The fourth-order valence-corrected chi connectivity index (χ4v) is 4.25. The smallest absolute Gasteiger partial charge is 0.303 e. The number of piperazine rings is 1. The maximum absolute atomic E-state index is 12.1. The highest BCUT2D eigenvalue weighted by molar-refractivity contribution is 7.89. The number of hydrogen-bond donors (Lipinski definition) is 1. The van der Waals surface area contributed by atoms with Crippen molar-refractivity contribution in [3.63, 3.8) is 0 Å². The van der Waals surface area contributed by atoms with Gasteiger partial charge < -0.3 is 10.0 Å². The maximum Gasteiger partial charge on any atom is 0.303 e. The summed E-state index contributed by atoms with van der Waals surface area (Å²) in [6.07, 6.45) is 1.78. The van der Waals surface area contributed by atoms with Gasteiger partial charge in [0.15, 0.2) is 5.13 Å². The van der Waals surface area contributed by atoms with Gasteiger partial charge in [0.1, 0.15) is 0 Å². The Morgan fingerprint density at radius 2 is 2.05 bits per heavy atom. The minimum absolute atomic E-state index is 0.101. The number of nitrogens with zero attached hydrogens (tertiary/aromatic N) is 3. The standard InChI is InChI=1S/C11H17N3O4S2/c15-10(16)2-1-9-20(17,18)14-6-4-13(5-7-14)11-12-3-8-19-11/h3,8H,1-2,4-7,9H2,(H,15,16). The number of carbonyl (C=O) groups is 1. The molecule has 112 valence electrons. The summed E-state index contributed by atoms with van der Waals surface area (Å²) in [5, 5.41) is 11.3. The monoisotopic (exact) mass is 319 g/mol. The van der Waals surface area contributed by atoms with Crippen molar-refractivity contribution in [1.82, 2.24) is 9.29 Å². The van der Waals surface area contributed by atoms with Crippen LogP contribution in [0.5, 0.6) is 0 Å². The van der Waals surface area contributed by atoms with Gasteiger partial charge in [-0.2, -0.15) is 4.31 Å². The van der Waals surface area contributed by atoms with Crippen molar-refractivity contribution in [3.05, 3.63) is 11.6 Å². The molecule has 1 aromatic heterocycles. The molecule has 0 saturated carbocycles. The fourth-order valence-electron chi connectivity index (χ4n) is 2.06. The maximum atomic E-state index is 12.1. The topological polar surface area (TPSA) is 90.8 Å². The van der Waals surface area contributed by atoms with E-state index in [1.807, 2.05) is 5.38 Å². The van der Waals surface area contributed by atoms with Gasteiger partial charge in [-0.3, -0.25) is 4.79 Å². The van der Waals surface area contributed by atoms with Crippen LogP contribution in [0.2, 0.25) is 0 Å². The van der Waals surface area contributed by atoms with E-state index in [-0.39, 0.29) is 18.6 Å². The van der Waals surface area contributed by atoms with Crippen LogP contribution in [0.4, 0.5) is 5.13 Å². The van der Waals surface area contributed by atoms with Crippen molar-refractivity contribution in [2.45, 2.75) is 12.8 Å². The average molecular weight is 319 g/mol. The molecule has 0 amide bonds. The van der Waals surface area contributed by atoms with Gasteiger partial charge in [0, 0.05) is 44.2 Å². The van der Waals surface area contributed by atoms with Crippen LogP contribution in [0.1, 0.15) is 12.8 Å². The van der Waals surface area contributed by atoms with Crippen LogP contribution in [-0.2, 0) is 14.8 Å². The van der Waals surface area contributed by atoms with Crippen molar-refractivity contribution < 1.29 is 18.3 Å². The van der Waals surface area contributed by atoms with Gasteiger partial charge in [0.2, 0.25) is 10.0 Å². The Morgan fingerprint density at radius 3 is 2.60 bits per heavy atom. The molecule has 2 rings (SSSR count). The number of aliphatic carboxylic acids is 1. The zero-order valence-electron chi connectivity index (χ0n) is 10.9. The number of aromatic nitrogens is 1. The van der Waals surface area contributed by atoms with E-state index in [2.05, 4.69) is 9.88 Å². The molecule has 0 unspecified atom stereocenters. The lowest BCUT2D eigenvalue weighted by Gasteiger charge is -2.33. The highest BCUT2D eigenvalue weighted by Crippen LogP contribution is 2.20. The molecule has 7 nitrogen and oxygen atoms in total. The molecule has 0 radical (unpaired) electrons. The molecule has 9 heteroatoms. The van der Waals surface area contributed by atoms with Crippen LogP contribution in [0.25, 0.3) is 0 Å². The number of hydrogen-bond acceptors (Lipinski definition) is 6. The first-order chi connectivity index (χ1) is 9.49. The summed E-state index contributed by atoms with van der Waals surface area (Å²) in [4.78, 5) is 16.7. The molecule has 1 aromatic rings. The molecular formula is C11H17N3O4S2. The Balaban J connectivity index is 1.84. The minimum Gasteiger partial charge on any atom is -0.481 e. The Kier molecular flexibility index (Phi) is 4.95. The molecule has 0 bridgehead atoms. The van der Waals surface area contributed by atoms with Crippen molar-refractivity contribution in [3.8, 4) is 0 Å². The van der Waals surface area contributed by atoms with E-state index in [9.17, 15) is 13.2 Å². The zero-order chi connectivity index (χ0) is 14.6. The largest absolute Gasteiger partial charge is 0.481 e. The quantitative estimate of drug-likeness (QED) is 0.819. The third-order valence-corrected chi connectivity index (χ3v) is 5.90. The Labute approximate surface area is 121 Å². The van der Waals surface area contributed by atoms with Crippen molar-refractivity contribution in [1.29, 1.82) is 0 Å². The summed E-state index contributed by atoms with van der Waals surface area (Å²) >= 11 is 1.54. The summed E-state index contributed by atoms with van der Waals surface area (Å²) in [5.74, 6) is -1.06. The molecule has 1 fully saturated rings. The number of anilines is 1. The average Bonchev–Trinajstić information content (AvgIpc) is 2.92. The summed E-state index contributed by atoms with van der Waals surface area (Å²) in [6, 6.07) is 0. The summed E-state index contributed by atoms with van der Waals surface area (Å²) < 4.78 is 25.6. The van der Waals surface area contributed by atoms with Crippen LogP contribution < -0.4 is 4.90 Å². The van der Waals surface area contributed by atoms with Gasteiger partial charge in [-0.05, 0) is 6.42 Å². The Bertz CT molecular complexity index is 536. The molecule has 0 aromatic carbocycles. The second-order valence-electron chi connectivity index (χ2n) is 4.51. The molecular weight excluding hydrogens is 302 g/mol. The number of rotatable bonds is 6. The normalized spacial score (nSPS) is 17.3. The molecule has 2 heterocycles. The summed E-state index contributed by atoms with van der Waals surface area (Å²) in [6.45, 7) is 2.08. The van der Waals surface area contributed by atoms with Gasteiger partial charge in [0.25, 0.3) is 0 Å².